The number of carbonyl (C=O) groups excluding carboxylic acids is 1. The van der Waals surface area contributed by atoms with Gasteiger partial charge in [0.2, 0.25) is 5.91 Å². The fourth-order valence-corrected chi connectivity index (χ4v) is 2.83. The van der Waals surface area contributed by atoms with Crippen molar-refractivity contribution in [3.63, 3.8) is 0 Å². The molecule has 0 radical (unpaired) electrons. The Morgan fingerprint density at radius 1 is 1.48 bits per heavy atom. The Morgan fingerprint density at radius 3 is 2.87 bits per heavy atom. The number of amides is 1. The van der Waals surface area contributed by atoms with Crippen molar-refractivity contribution >= 4 is 5.91 Å². The molecule has 1 aliphatic heterocycles. The summed E-state index contributed by atoms with van der Waals surface area (Å²) in [5, 5.41) is 0. The van der Waals surface area contributed by atoms with E-state index in [4.69, 9.17) is 0 Å². The fraction of sp³-hybridized carbons (Fsp3) is 0.733. The molecular weight excluding hydrogens is 311 g/mol. The molecule has 1 saturated heterocycles. The van der Waals surface area contributed by atoms with E-state index < -0.39 is 25.3 Å². The first kappa shape index (κ1) is 17.8. The summed E-state index contributed by atoms with van der Waals surface area (Å²) in [5.41, 5.74) is 0. The number of hydrogen-bond acceptors (Lipinski definition) is 3. The Balaban J connectivity index is 1.92. The minimum absolute atomic E-state index is 0.107. The van der Waals surface area contributed by atoms with E-state index in [1.165, 1.54) is 0 Å². The molecule has 2 rings (SSSR count). The summed E-state index contributed by atoms with van der Waals surface area (Å²) in [6.07, 6.45) is 0.957. The molecule has 1 aromatic heterocycles. The van der Waals surface area contributed by atoms with E-state index in [-0.39, 0.29) is 12.0 Å². The number of hydrogen-bond donors (Lipinski definition) is 0. The maximum atomic E-state index is 12.1. The first-order valence-corrected chi connectivity index (χ1v) is 7.73. The van der Waals surface area contributed by atoms with Crippen LogP contribution in [-0.4, -0.2) is 52.8 Å². The third-order valence-electron chi connectivity index (χ3n) is 3.85. The molecule has 0 aromatic carbocycles. The molecule has 5 nitrogen and oxygen atoms in total. The van der Waals surface area contributed by atoms with Crippen LogP contribution in [0.5, 0.6) is 0 Å². The smallest absolute Gasteiger partial charge is 0.362 e. The minimum Gasteiger partial charge on any atom is -0.362 e. The molecule has 8 heteroatoms. The zero-order chi connectivity index (χ0) is 17.0. The number of imidazole rings is 1. The van der Waals surface area contributed by atoms with Gasteiger partial charge in [0, 0.05) is 31.4 Å². The predicted molar refractivity (Wildman–Crippen MR) is 78.0 cm³/mol. The van der Waals surface area contributed by atoms with Gasteiger partial charge in [-0.25, -0.2) is 4.98 Å². The number of likely N-dealkylation sites (tertiary alicyclic amines) is 1. The summed E-state index contributed by atoms with van der Waals surface area (Å²) < 4.78 is 42.7. The number of aromatic nitrogens is 2. The minimum atomic E-state index is -4.41. The van der Waals surface area contributed by atoms with E-state index in [1.807, 2.05) is 6.20 Å². The zero-order valence-electron chi connectivity index (χ0n) is 13.3. The molecule has 0 bridgehead atoms. The Morgan fingerprint density at radius 2 is 2.22 bits per heavy atom. The summed E-state index contributed by atoms with van der Waals surface area (Å²) in [7, 11) is 0. The second kappa shape index (κ2) is 7.33. The SMILES string of the molecule is CC(C)c1nccn1[C@H]1CCCN(C(=O)COCC(F)(F)F)C1. The number of alkyl halides is 3. The number of ether oxygens (including phenoxy) is 1. The summed E-state index contributed by atoms with van der Waals surface area (Å²) in [6, 6.07) is 0.107. The number of piperidine rings is 1. The summed E-state index contributed by atoms with van der Waals surface area (Å²) >= 11 is 0. The lowest BCUT2D eigenvalue weighted by atomic mass is 10.0. The van der Waals surface area contributed by atoms with Crippen molar-refractivity contribution in [1.82, 2.24) is 14.5 Å². The van der Waals surface area contributed by atoms with Crippen LogP contribution in [0.3, 0.4) is 0 Å². The van der Waals surface area contributed by atoms with Crippen LogP contribution in [0.2, 0.25) is 0 Å². The molecular formula is C15H22F3N3O2. The van der Waals surface area contributed by atoms with Crippen LogP contribution in [0, 0.1) is 0 Å². The van der Waals surface area contributed by atoms with Crippen LogP contribution in [0.25, 0.3) is 0 Å². The van der Waals surface area contributed by atoms with E-state index >= 15 is 0 Å². The van der Waals surface area contributed by atoms with Crippen LogP contribution >= 0.6 is 0 Å². The van der Waals surface area contributed by atoms with Crippen molar-refractivity contribution in [2.75, 3.05) is 26.3 Å². The number of halogens is 3. The van der Waals surface area contributed by atoms with Crippen LogP contribution in [0.1, 0.15) is 44.5 Å². The molecule has 1 aliphatic rings. The largest absolute Gasteiger partial charge is 0.411 e. The molecule has 0 N–H and O–H groups in total. The first-order chi connectivity index (χ1) is 10.8. The van der Waals surface area contributed by atoms with Gasteiger partial charge in [0.1, 0.15) is 19.0 Å². The highest BCUT2D eigenvalue weighted by Gasteiger charge is 2.30. The third kappa shape index (κ3) is 4.95. The van der Waals surface area contributed by atoms with Gasteiger partial charge in [-0.2, -0.15) is 13.2 Å². The molecule has 0 aliphatic carbocycles. The van der Waals surface area contributed by atoms with Crippen LogP contribution < -0.4 is 0 Å². The lowest BCUT2D eigenvalue weighted by molar-refractivity contribution is -0.178. The lowest BCUT2D eigenvalue weighted by Gasteiger charge is -2.34. The van der Waals surface area contributed by atoms with Crippen molar-refractivity contribution in [3.05, 3.63) is 18.2 Å². The van der Waals surface area contributed by atoms with E-state index in [0.717, 1.165) is 18.7 Å². The van der Waals surface area contributed by atoms with Crippen molar-refractivity contribution in [2.24, 2.45) is 0 Å². The van der Waals surface area contributed by atoms with Crippen molar-refractivity contribution in [1.29, 1.82) is 0 Å². The average molecular weight is 333 g/mol. The molecule has 1 amide bonds. The van der Waals surface area contributed by atoms with Gasteiger partial charge in [-0.1, -0.05) is 13.8 Å². The number of carbonyl (C=O) groups is 1. The average Bonchev–Trinajstić information content (AvgIpc) is 2.95. The second-order valence-electron chi connectivity index (χ2n) is 6.09. The standard InChI is InChI=1S/C15H22F3N3O2/c1-11(2)14-19-5-7-21(14)12-4-3-6-20(8-12)13(22)9-23-10-15(16,17)18/h5,7,11-12H,3-4,6,8-10H2,1-2H3/t12-/m0/s1. The quantitative estimate of drug-likeness (QED) is 0.832. The highest BCUT2D eigenvalue weighted by molar-refractivity contribution is 5.77. The lowest BCUT2D eigenvalue weighted by Crippen LogP contribution is -2.43. The van der Waals surface area contributed by atoms with Gasteiger partial charge in [0.25, 0.3) is 0 Å². The van der Waals surface area contributed by atoms with E-state index in [9.17, 15) is 18.0 Å². The monoisotopic (exact) mass is 333 g/mol. The molecule has 1 aromatic rings. The molecule has 0 saturated carbocycles. The van der Waals surface area contributed by atoms with Gasteiger partial charge < -0.3 is 14.2 Å². The molecule has 1 atom stereocenters. The molecule has 130 valence electrons. The van der Waals surface area contributed by atoms with Gasteiger partial charge in [0.05, 0.1) is 6.04 Å². The number of nitrogens with zero attached hydrogens (tertiary/aromatic N) is 3. The summed E-state index contributed by atoms with van der Waals surface area (Å²) in [4.78, 5) is 18.0. The Hall–Kier alpha value is -1.57. The Kier molecular flexibility index (Phi) is 5.67. The molecule has 0 spiro atoms. The maximum absolute atomic E-state index is 12.1. The van der Waals surface area contributed by atoms with Crippen LogP contribution in [-0.2, 0) is 9.53 Å². The Labute approximate surface area is 133 Å². The molecule has 2 heterocycles. The summed E-state index contributed by atoms with van der Waals surface area (Å²) in [5.74, 6) is 0.828. The predicted octanol–water partition coefficient (Wildman–Crippen LogP) is 2.75. The molecule has 0 unspecified atom stereocenters. The van der Waals surface area contributed by atoms with E-state index in [0.29, 0.717) is 13.1 Å². The Bertz CT molecular complexity index is 528. The molecule has 1 fully saturated rings. The third-order valence-corrected chi connectivity index (χ3v) is 3.85. The van der Waals surface area contributed by atoms with Gasteiger partial charge in [-0.15, -0.1) is 0 Å². The van der Waals surface area contributed by atoms with Gasteiger partial charge in [-0.3, -0.25) is 4.79 Å². The van der Waals surface area contributed by atoms with Crippen molar-refractivity contribution < 1.29 is 22.7 Å². The topological polar surface area (TPSA) is 47.4 Å². The normalized spacial score (nSPS) is 19.4. The van der Waals surface area contributed by atoms with E-state index in [2.05, 4.69) is 28.1 Å². The first-order valence-electron chi connectivity index (χ1n) is 7.73. The second-order valence-corrected chi connectivity index (χ2v) is 6.09. The van der Waals surface area contributed by atoms with Crippen molar-refractivity contribution in [2.45, 2.75) is 44.8 Å². The summed E-state index contributed by atoms with van der Waals surface area (Å²) in [6.45, 7) is 3.20. The highest BCUT2D eigenvalue weighted by atomic mass is 19.4. The fourth-order valence-electron chi connectivity index (χ4n) is 2.83. The van der Waals surface area contributed by atoms with Gasteiger partial charge in [0.15, 0.2) is 0 Å². The van der Waals surface area contributed by atoms with E-state index in [1.54, 1.807) is 11.1 Å². The van der Waals surface area contributed by atoms with Crippen LogP contribution in [0.15, 0.2) is 12.4 Å². The highest BCUT2D eigenvalue weighted by Crippen LogP contribution is 2.25. The van der Waals surface area contributed by atoms with Gasteiger partial charge >= 0.3 is 6.18 Å². The van der Waals surface area contributed by atoms with Gasteiger partial charge in [-0.05, 0) is 12.8 Å². The maximum Gasteiger partial charge on any atom is 0.411 e. The number of rotatable bonds is 5. The molecule has 23 heavy (non-hydrogen) atoms. The van der Waals surface area contributed by atoms with Crippen molar-refractivity contribution in [3.8, 4) is 0 Å². The zero-order valence-corrected chi connectivity index (χ0v) is 13.3. The van der Waals surface area contributed by atoms with Crippen LogP contribution in [0.4, 0.5) is 13.2 Å².